The van der Waals surface area contributed by atoms with E-state index in [0.717, 1.165) is 25.0 Å². The molecule has 0 aromatic rings. The van der Waals surface area contributed by atoms with Crippen LogP contribution in [-0.4, -0.2) is 52.8 Å². The zero-order valence-electron chi connectivity index (χ0n) is 9.52. The fourth-order valence-corrected chi connectivity index (χ4v) is 3.13. The average Bonchev–Trinajstić information content (AvgIpc) is 3.11. The smallest absolute Gasteiger partial charge is 0.317 e. The monoisotopic (exact) mass is 244 g/mol. The number of nitrogens with zero attached hydrogens (tertiary/aromatic N) is 1. The van der Waals surface area contributed by atoms with Crippen LogP contribution in [0.5, 0.6) is 0 Å². The number of aliphatic hydroxyl groups is 1. The molecule has 0 unspecified atom stereocenters. The molecule has 1 saturated heterocycles. The second-order valence-electron chi connectivity index (χ2n) is 4.51. The summed E-state index contributed by atoms with van der Waals surface area (Å²) in [7, 11) is 0. The molecule has 0 radical (unpaired) electrons. The van der Waals surface area contributed by atoms with E-state index in [1.165, 1.54) is 12.2 Å². The number of hydrogen-bond donors (Lipinski definition) is 2. The Labute approximate surface area is 101 Å². The molecule has 0 aromatic carbocycles. The van der Waals surface area contributed by atoms with E-state index in [1.54, 1.807) is 4.90 Å². The SMILES string of the molecule is O=C(N[C@@H]1CCCSC1)N(CCO)C1CC1. The largest absolute Gasteiger partial charge is 0.395 e. The van der Waals surface area contributed by atoms with Gasteiger partial charge in [0.25, 0.3) is 0 Å². The number of aliphatic hydroxyl groups excluding tert-OH is 1. The highest BCUT2D eigenvalue weighted by Crippen LogP contribution is 2.27. The van der Waals surface area contributed by atoms with Crippen LogP contribution in [0.25, 0.3) is 0 Å². The summed E-state index contributed by atoms with van der Waals surface area (Å²) in [4.78, 5) is 13.8. The maximum atomic E-state index is 12.0. The van der Waals surface area contributed by atoms with E-state index in [4.69, 9.17) is 5.11 Å². The molecule has 16 heavy (non-hydrogen) atoms. The van der Waals surface area contributed by atoms with Crippen molar-refractivity contribution in [3.8, 4) is 0 Å². The fraction of sp³-hybridized carbons (Fsp3) is 0.909. The summed E-state index contributed by atoms with van der Waals surface area (Å²) in [6.07, 6.45) is 4.47. The summed E-state index contributed by atoms with van der Waals surface area (Å²) >= 11 is 1.91. The molecule has 2 aliphatic rings. The molecule has 0 bridgehead atoms. The van der Waals surface area contributed by atoms with Crippen molar-refractivity contribution < 1.29 is 9.90 Å². The molecule has 1 aliphatic heterocycles. The number of carbonyl (C=O) groups excluding carboxylic acids is 1. The van der Waals surface area contributed by atoms with Crippen molar-refractivity contribution in [2.75, 3.05) is 24.7 Å². The summed E-state index contributed by atoms with van der Waals surface area (Å²) in [6, 6.07) is 0.721. The van der Waals surface area contributed by atoms with Gasteiger partial charge in [0.1, 0.15) is 0 Å². The van der Waals surface area contributed by atoms with Crippen molar-refractivity contribution in [2.24, 2.45) is 0 Å². The van der Waals surface area contributed by atoms with Crippen LogP contribution >= 0.6 is 11.8 Å². The normalized spacial score (nSPS) is 25.2. The first kappa shape index (κ1) is 12.0. The summed E-state index contributed by atoms with van der Waals surface area (Å²) in [5, 5.41) is 12.0. The molecule has 2 amide bonds. The minimum atomic E-state index is 0.0176. The number of nitrogens with one attached hydrogen (secondary N) is 1. The first-order valence-corrected chi connectivity index (χ1v) is 7.22. The first-order chi connectivity index (χ1) is 7.81. The lowest BCUT2D eigenvalue weighted by molar-refractivity contribution is 0.170. The van der Waals surface area contributed by atoms with E-state index in [0.29, 0.717) is 18.6 Å². The number of thioether (sulfide) groups is 1. The van der Waals surface area contributed by atoms with Crippen molar-refractivity contribution in [1.29, 1.82) is 0 Å². The molecule has 92 valence electrons. The summed E-state index contributed by atoms with van der Waals surface area (Å²) in [5.41, 5.74) is 0. The highest BCUT2D eigenvalue weighted by molar-refractivity contribution is 7.99. The number of urea groups is 1. The minimum absolute atomic E-state index is 0.0176. The molecular weight excluding hydrogens is 224 g/mol. The van der Waals surface area contributed by atoms with Gasteiger partial charge in [-0.1, -0.05) is 0 Å². The van der Waals surface area contributed by atoms with Crippen LogP contribution in [0, 0.1) is 0 Å². The first-order valence-electron chi connectivity index (χ1n) is 6.07. The Kier molecular flexibility index (Phi) is 4.35. The maximum Gasteiger partial charge on any atom is 0.317 e. The Bertz CT molecular complexity index is 240. The third-order valence-corrected chi connectivity index (χ3v) is 4.29. The van der Waals surface area contributed by atoms with Crippen LogP contribution in [0.2, 0.25) is 0 Å². The quantitative estimate of drug-likeness (QED) is 0.777. The van der Waals surface area contributed by atoms with Crippen molar-refractivity contribution in [2.45, 2.75) is 37.8 Å². The molecule has 5 heteroatoms. The van der Waals surface area contributed by atoms with Crippen LogP contribution < -0.4 is 5.32 Å². The average molecular weight is 244 g/mol. The van der Waals surface area contributed by atoms with Crippen LogP contribution in [0.15, 0.2) is 0 Å². The lowest BCUT2D eigenvalue weighted by atomic mass is 10.2. The van der Waals surface area contributed by atoms with Crippen molar-refractivity contribution >= 4 is 17.8 Å². The summed E-state index contributed by atoms with van der Waals surface area (Å²) in [5.74, 6) is 2.25. The van der Waals surface area contributed by atoms with Gasteiger partial charge in [0.05, 0.1) is 6.61 Å². The highest BCUT2D eigenvalue weighted by atomic mass is 32.2. The lowest BCUT2D eigenvalue weighted by Gasteiger charge is -2.27. The molecule has 4 nitrogen and oxygen atoms in total. The molecular formula is C11H20N2O2S. The van der Waals surface area contributed by atoms with Crippen molar-refractivity contribution in [3.05, 3.63) is 0 Å². The van der Waals surface area contributed by atoms with Gasteiger partial charge >= 0.3 is 6.03 Å². The predicted molar refractivity (Wildman–Crippen MR) is 65.7 cm³/mol. The topological polar surface area (TPSA) is 52.6 Å². The van der Waals surface area contributed by atoms with E-state index in [-0.39, 0.29) is 12.6 Å². The van der Waals surface area contributed by atoms with Gasteiger partial charge in [-0.05, 0) is 31.4 Å². The Morgan fingerprint density at radius 2 is 2.25 bits per heavy atom. The Morgan fingerprint density at radius 3 is 2.81 bits per heavy atom. The molecule has 2 N–H and O–H groups in total. The van der Waals surface area contributed by atoms with Crippen LogP contribution in [0.3, 0.4) is 0 Å². The molecule has 0 spiro atoms. The van der Waals surface area contributed by atoms with E-state index >= 15 is 0 Å². The lowest BCUT2D eigenvalue weighted by Crippen LogP contribution is -2.48. The molecule has 0 aromatic heterocycles. The van der Waals surface area contributed by atoms with Gasteiger partial charge in [0.2, 0.25) is 0 Å². The van der Waals surface area contributed by atoms with Crippen LogP contribution in [0.4, 0.5) is 4.79 Å². The number of rotatable bonds is 4. The van der Waals surface area contributed by atoms with Crippen molar-refractivity contribution in [1.82, 2.24) is 10.2 Å². The second-order valence-corrected chi connectivity index (χ2v) is 5.66. The Hall–Kier alpha value is -0.420. The van der Waals surface area contributed by atoms with Gasteiger partial charge < -0.3 is 15.3 Å². The minimum Gasteiger partial charge on any atom is -0.395 e. The summed E-state index contributed by atoms with van der Waals surface area (Å²) in [6.45, 7) is 0.527. The van der Waals surface area contributed by atoms with Gasteiger partial charge in [-0.2, -0.15) is 11.8 Å². The Morgan fingerprint density at radius 1 is 1.44 bits per heavy atom. The molecule has 1 atom stereocenters. The third kappa shape index (κ3) is 3.28. The molecule has 1 heterocycles. The number of carbonyl (C=O) groups is 1. The standard InChI is InChI=1S/C11H20N2O2S/c14-6-5-13(10-3-4-10)11(15)12-9-2-1-7-16-8-9/h9-10,14H,1-8H2,(H,12,15)/t9-/m1/s1. The maximum absolute atomic E-state index is 12.0. The zero-order valence-corrected chi connectivity index (χ0v) is 10.3. The van der Waals surface area contributed by atoms with Crippen molar-refractivity contribution in [3.63, 3.8) is 0 Å². The van der Waals surface area contributed by atoms with Crippen LogP contribution in [0.1, 0.15) is 25.7 Å². The predicted octanol–water partition coefficient (Wildman–Crippen LogP) is 1.05. The van der Waals surface area contributed by atoms with E-state index in [1.807, 2.05) is 11.8 Å². The van der Waals surface area contributed by atoms with Gasteiger partial charge in [0.15, 0.2) is 0 Å². The zero-order chi connectivity index (χ0) is 11.4. The third-order valence-electron chi connectivity index (χ3n) is 3.08. The number of hydrogen-bond acceptors (Lipinski definition) is 3. The molecule has 2 rings (SSSR count). The fourth-order valence-electron chi connectivity index (χ4n) is 2.06. The van der Waals surface area contributed by atoms with E-state index in [9.17, 15) is 4.79 Å². The van der Waals surface area contributed by atoms with Crippen LogP contribution in [-0.2, 0) is 0 Å². The second kappa shape index (κ2) is 5.77. The van der Waals surface area contributed by atoms with Gasteiger partial charge in [-0.3, -0.25) is 0 Å². The Balaban J connectivity index is 1.79. The molecule has 1 saturated carbocycles. The van der Waals surface area contributed by atoms with E-state index in [2.05, 4.69) is 5.32 Å². The number of amides is 2. The van der Waals surface area contributed by atoms with E-state index < -0.39 is 0 Å². The highest BCUT2D eigenvalue weighted by Gasteiger charge is 2.33. The molecule has 1 aliphatic carbocycles. The van der Waals surface area contributed by atoms with Gasteiger partial charge in [-0.25, -0.2) is 4.79 Å². The van der Waals surface area contributed by atoms with Gasteiger partial charge in [-0.15, -0.1) is 0 Å². The summed E-state index contributed by atoms with van der Waals surface area (Å²) < 4.78 is 0. The van der Waals surface area contributed by atoms with Gasteiger partial charge in [0, 0.05) is 24.4 Å². The molecule has 2 fully saturated rings.